The minimum absolute atomic E-state index is 0.710. The molecule has 1 N–H and O–H groups in total. The molecule has 0 bridgehead atoms. The minimum atomic E-state index is 0.710. The van der Waals surface area contributed by atoms with Crippen LogP contribution in [0.1, 0.15) is 11.1 Å². The highest BCUT2D eigenvalue weighted by Gasteiger charge is 2.11. The van der Waals surface area contributed by atoms with Gasteiger partial charge in [-0.15, -0.1) is 0 Å². The first kappa shape index (κ1) is 11.2. The van der Waals surface area contributed by atoms with E-state index in [9.17, 15) is 0 Å². The SMILES string of the molecule is Cc1ccc2oc(-c3nc4ncc(C)cc4[nH]3)cc2c1. The molecule has 4 nitrogen and oxygen atoms in total. The quantitative estimate of drug-likeness (QED) is 0.565. The molecule has 0 atom stereocenters. The molecule has 1 aromatic carbocycles. The van der Waals surface area contributed by atoms with Gasteiger partial charge < -0.3 is 9.40 Å². The normalized spacial score (nSPS) is 11.5. The number of rotatable bonds is 1. The van der Waals surface area contributed by atoms with Crippen molar-refractivity contribution in [2.45, 2.75) is 13.8 Å². The number of fused-ring (bicyclic) bond motifs is 2. The van der Waals surface area contributed by atoms with Crippen molar-refractivity contribution in [3.05, 3.63) is 47.7 Å². The van der Waals surface area contributed by atoms with Crippen molar-refractivity contribution in [3.63, 3.8) is 0 Å². The molecule has 0 aliphatic carbocycles. The molecule has 4 aromatic rings. The van der Waals surface area contributed by atoms with Crippen LogP contribution in [0.15, 0.2) is 40.9 Å². The molecule has 3 aromatic heterocycles. The van der Waals surface area contributed by atoms with Gasteiger partial charge in [-0.05, 0) is 43.7 Å². The Kier molecular flexibility index (Phi) is 2.21. The maximum atomic E-state index is 5.85. The highest BCUT2D eigenvalue weighted by Crippen LogP contribution is 2.27. The molecule has 3 heterocycles. The Hall–Kier alpha value is -2.62. The third kappa shape index (κ3) is 1.69. The van der Waals surface area contributed by atoms with Crippen LogP contribution < -0.4 is 0 Å². The minimum Gasteiger partial charge on any atom is -0.453 e. The number of hydrogen-bond donors (Lipinski definition) is 1. The average Bonchev–Trinajstić information content (AvgIpc) is 3.00. The Bertz CT molecular complexity index is 855. The number of aryl methyl sites for hydroxylation is 2. The number of aromatic amines is 1. The summed E-state index contributed by atoms with van der Waals surface area (Å²) in [6.07, 6.45) is 1.81. The zero-order valence-electron chi connectivity index (χ0n) is 11.3. The summed E-state index contributed by atoms with van der Waals surface area (Å²) in [6, 6.07) is 10.2. The molecule has 0 aliphatic heterocycles. The maximum Gasteiger partial charge on any atom is 0.178 e. The Labute approximate surface area is 115 Å². The van der Waals surface area contributed by atoms with E-state index in [1.807, 2.05) is 37.4 Å². The number of pyridine rings is 1. The van der Waals surface area contributed by atoms with Crippen molar-refractivity contribution < 1.29 is 4.42 Å². The van der Waals surface area contributed by atoms with Gasteiger partial charge in [0.05, 0.1) is 5.52 Å². The van der Waals surface area contributed by atoms with E-state index in [1.165, 1.54) is 5.56 Å². The molecule has 0 saturated heterocycles. The predicted molar refractivity (Wildman–Crippen MR) is 78.6 cm³/mol. The van der Waals surface area contributed by atoms with E-state index in [2.05, 4.69) is 27.9 Å². The first-order chi connectivity index (χ1) is 9.69. The summed E-state index contributed by atoms with van der Waals surface area (Å²) >= 11 is 0. The third-order valence-corrected chi connectivity index (χ3v) is 3.38. The van der Waals surface area contributed by atoms with Crippen molar-refractivity contribution in [3.8, 4) is 11.6 Å². The van der Waals surface area contributed by atoms with Crippen LogP contribution in [-0.2, 0) is 0 Å². The lowest BCUT2D eigenvalue weighted by Gasteiger charge is -1.89. The number of imidazole rings is 1. The lowest BCUT2D eigenvalue weighted by molar-refractivity contribution is 0.626. The van der Waals surface area contributed by atoms with Crippen LogP contribution in [-0.4, -0.2) is 15.0 Å². The van der Waals surface area contributed by atoms with Gasteiger partial charge in [0, 0.05) is 11.6 Å². The Balaban J connectivity index is 1.91. The van der Waals surface area contributed by atoms with Crippen molar-refractivity contribution >= 4 is 22.1 Å². The lowest BCUT2D eigenvalue weighted by atomic mass is 10.2. The van der Waals surface area contributed by atoms with E-state index in [0.29, 0.717) is 11.5 Å². The van der Waals surface area contributed by atoms with Gasteiger partial charge in [-0.1, -0.05) is 11.6 Å². The van der Waals surface area contributed by atoms with Gasteiger partial charge in [-0.2, -0.15) is 0 Å². The fraction of sp³-hybridized carbons (Fsp3) is 0.125. The fourth-order valence-corrected chi connectivity index (χ4v) is 2.40. The summed E-state index contributed by atoms with van der Waals surface area (Å²) < 4.78 is 5.85. The highest BCUT2D eigenvalue weighted by molar-refractivity contribution is 5.84. The second kappa shape index (κ2) is 3.93. The van der Waals surface area contributed by atoms with E-state index < -0.39 is 0 Å². The van der Waals surface area contributed by atoms with Crippen molar-refractivity contribution in [2.75, 3.05) is 0 Å². The van der Waals surface area contributed by atoms with Crippen molar-refractivity contribution in [1.82, 2.24) is 15.0 Å². The smallest absolute Gasteiger partial charge is 0.178 e. The predicted octanol–water partition coefficient (Wildman–Crippen LogP) is 3.99. The van der Waals surface area contributed by atoms with E-state index >= 15 is 0 Å². The van der Waals surface area contributed by atoms with E-state index in [0.717, 1.165) is 27.8 Å². The molecule has 98 valence electrons. The average molecular weight is 263 g/mol. The van der Waals surface area contributed by atoms with Gasteiger partial charge in [0.15, 0.2) is 17.2 Å². The second-order valence-electron chi connectivity index (χ2n) is 5.12. The van der Waals surface area contributed by atoms with Crippen LogP contribution in [0.5, 0.6) is 0 Å². The van der Waals surface area contributed by atoms with Gasteiger partial charge in [0.2, 0.25) is 0 Å². The summed E-state index contributed by atoms with van der Waals surface area (Å²) in [4.78, 5) is 12.1. The number of H-pyrrole nitrogens is 1. The highest BCUT2D eigenvalue weighted by atomic mass is 16.3. The Morgan fingerprint density at radius 2 is 1.95 bits per heavy atom. The molecular weight excluding hydrogens is 250 g/mol. The number of hydrogen-bond acceptors (Lipinski definition) is 3. The third-order valence-electron chi connectivity index (χ3n) is 3.38. The molecule has 0 radical (unpaired) electrons. The van der Waals surface area contributed by atoms with Crippen LogP contribution in [0.3, 0.4) is 0 Å². The summed E-state index contributed by atoms with van der Waals surface area (Å²) in [5.74, 6) is 1.45. The molecule has 0 fully saturated rings. The van der Waals surface area contributed by atoms with Gasteiger partial charge in [-0.25, -0.2) is 9.97 Å². The molecule has 0 aliphatic rings. The van der Waals surface area contributed by atoms with Crippen LogP contribution in [0.2, 0.25) is 0 Å². The summed E-state index contributed by atoms with van der Waals surface area (Å²) in [7, 11) is 0. The number of benzene rings is 1. The zero-order chi connectivity index (χ0) is 13.7. The largest absolute Gasteiger partial charge is 0.453 e. The molecule has 0 amide bonds. The van der Waals surface area contributed by atoms with Gasteiger partial charge in [0.1, 0.15) is 5.58 Å². The van der Waals surface area contributed by atoms with Crippen molar-refractivity contribution in [2.24, 2.45) is 0 Å². The number of aromatic nitrogens is 3. The fourth-order valence-electron chi connectivity index (χ4n) is 2.40. The van der Waals surface area contributed by atoms with E-state index in [4.69, 9.17) is 4.42 Å². The van der Waals surface area contributed by atoms with Crippen LogP contribution >= 0.6 is 0 Å². The van der Waals surface area contributed by atoms with Crippen molar-refractivity contribution in [1.29, 1.82) is 0 Å². The van der Waals surface area contributed by atoms with Crippen LogP contribution in [0, 0.1) is 13.8 Å². The molecule has 4 rings (SSSR count). The summed E-state index contributed by atoms with van der Waals surface area (Å²) in [5, 5.41) is 1.09. The summed E-state index contributed by atoms with van der Waals surface area (Å²) in [5.41, 5.74) is 4.83. The maximum absolute atomic E-state index is 5.85. The first-order valence-corrected chi connectivity index (χ1v) is 6.52. The Morgan fingerprint density at radius 1 is 1.05 bits per heavy atom. The molecule has 0 unspecified atom stereocenters. The van der Waals surface area contributed by atoms with E-state index in [-0.39, 0.29) is 0 Å². The number of nitrogens with zero attached hydrogens (tertiary/aromatic N) is 2. The Morgan fingerprint density at radius 3 is 2.85 bits per heavy atom. The van der Waals surface area contributed by atoms with Gasteiger partial charge in [0.25, 0.3) is 0 Å². The molecule has 0 saturated carbocycles. The van der Waals surface area contributed by atoms with E-state index in [1.54, 1.807) is 0 Å². The monoisotopic (exact) mass is 263 g/mol. The number of nitrogens with one attached hydrogen (secondary N) is 1. The number of furan rings is 1. The standard InChI is InChI=1S/C16H13N3O/c1-9-3-4-13-11(5-9)7-14(20-13)16-18-12-6-10(2)8-17-15(12)19-16/h3-8H,1-2H3,(H,17,18,19). The van der Waals surface area contributed by atoms with Crippen LogP contribution in [0.4, 0.5) is 0 Å². The van der Waals surface area contributed by atoms with Crippen LogP contribution in [0.25, 0.3) is 33.7 Å². The van der Waals surface area contributed by atoms with Gasteiger partial charge in [-0.3, -0.25) is 0 Å². The molecule has 0 spiro atoms. The topological polar surface area (TPSA) is 54.7 Å². The second-order valence-corrected chi connectivity index (χ2v) is 5.12. The summed E-state index contributed by atoms with van der Waals surface area (Å²) in [6.45, 7) is 4.08. The molecule has 4 heteroatoms. The first-order valence-electron chi connectivity index (χ1n) is 6.52. The molecular formula is C16H13N3O. The van der Waals surface area contributed by atoms with Gasteiger partial charge >= 0.3 is 0 Å². The zero-order valence-corrected chi connectivity index (χ0v) is 11.3. The molecule has 20 heavy (non-hydrogen) atoms. The lowest BCUT2D eigenvalue weighted by Crippen LogP contribution is -1.77.